The van der Waals surface area contributed by atoms with E-state index in [0.717, 1.165) is 29.8 Å². The molecule has 0 aliphatic heterocycles. The van der Waals surface area contributed by atoms with Crippen molar-refractivity contribution in [2.45, 2.75) is 59.2 Å². The second kappa shape index (κ2) is 7.03. The molecule has 1 aromatic heterocycles. The first-order chi connectivity index (χ1) is 8.97. The molecule has 0 aliphatic carbocycles. The quantitative estimate of drug-likeness (QED) is 0.662. The Morgan fingerprint density at radius 2 is 2.00 bits per heavy atom. The molecule has 5 heteroatoms. The number of nitrogens with zero attached hydrogens (tertiary/aromatic N) is 2. The summed E-state index contributed by atoms with van der Waals surface area (Å²) in [4.78, 5) is 0. The second-order valence-corrected chi connectivity index (χ2v) is 5.42. The van der Waals surface area contributed by atoms with E-state index in [1.807, 2.05) is 25.5 Å². The van der Waals surface area contributed by atoms with Gasteiger partial charge in [-0.3, -0.25) is 4.68 Å². The molecule has 0 saturated heterocycles. The maximum absolute atomic E-state index is 9.51. The highest BCUT2D eigenvalue weighted by molar-refractivity contribution is 5.24. The van der Waals surface area contributed by atoms with E-state index in [-0.39, 0.29) is 18.8 Å². The second-order valence-electron chi connectivity index (χ2n) is 5.42. The molecule has 0 spiro atoms. The lowest BCUT2D eigenvalue weighted by Gasteiger charge is -2.28. The first kappa shape index (κ1) is 16.1. The first-order valence-electron chi connectivity index (χ1n) is 6.97. The number of aromatic nitrogens is 2. The Labute approximate surface area is 115 Å². The van der Waals surface area contributed by atoms with E-state index < -0.39 is 0 Å². The van der Waals surface area contributed by atoms with Crippen molar-refractivity contribution in [3.8, 4) is 0 Å². The van der Waals surface area contributed by atoms with Gasteiger partial charge in [0.05, 0.1) is 25.5 Å². The Morgan fingerprint density at radius 1 is 1.32 bits per heavy atom. The normalized spacial score (nSPS) is 14.6. The van der Waals surface area contributed by atoms with Gasteiger partial charge in [0.25, 0.3) is 0 Å². The minimum atomic E-state index is -0.243. The summed E-state index contributed by atoms with van der Waals surface area (Å²) < 4.78 is 1.84. The van der Waals surface area contributed by atoms with Crippen molar-refractivity contribution in [1.82, 2.24) is 15.1 Å². The molecule has 0 aromatic carbocycles. The van der Waals surface area contributed by atoms with Gasteiger partial charge in [0, 0.05) is 23.3 Å². The fourth-order valence-corrected chi connectivity index (χ4v) is 2.38. The molecule has 0 radical (unpaired) electrons. The Balaban J connectivity index is 2.77. The summed E-state index contributed by atoms with van der Waals surface area (Å²) in [7, 11) is 0. The topological polar surface area (TPSA) is 70.3 Å². The summed E-state index contributed by atoms with van der Waals surface area (Å²) in [6.07, 6.45) is 1.97. The molecule has 0 fully saturated rings. The van der Waals surface area contributed by atoms with E-state index in [9.17, 15) is 5.11 Å². The molecule has 110 valence electrons. The van der Waals surface area contributed by atoms with Gasteiger partial charge in [-0.05, 0) is 27.2 Å². The van der Waals surface area contributed by atoms with Gasteiger partial charge >= 0.3 is 0 Å². The van der Waals surface area contributed by atoms with E-state index in [4.69, 9.17) is 5.11 Å². The van der Waals surface area contributed by atoms with Crippen LogP contribution in [0.5, 0.6) is 0 Å². The van der Waals surface area contributed by atoms with Gasteiger partial charge in [-0.1, -0.05) is 13.3 Å². The minimum Gasteiger partial charge on any atom is -0.394 e. The van der Waals surface area contributed by atoms with Crippen LogP contribution in [0.4, 0.5) is 0 Å². The first-order valence-corrected chi connectivity index (χ1v) is 6.97. The van der Waals surface area contributed by atoms with Crippen molar-refractivity contribution in [1.29, 1.82) is 0 Å². The van der Waals surface area contributed by atoms with Crippen molar-refractivity contribution in [3.63, 3.8) is 0 Å². The lowest BCUT2D eigenvalue weighted by atomic mass is 9.97. The number of rotatable bonds is 8. The maximum Gasteiger partial charge on any atom is 0.0644 e. The van der Waals surface area contributed by atoms with E-state index in [1.54, 1.807) is 0 Å². The van der Waals surface area contributed by atoms with Gasteiger partial charge in [0.15, 0.2) is 0 Å². The maximum atomic E-state index is 9.51. The fraction of sp³-hybridized carbons (Fsp3) is 0.786. The lowest BCUT2D eigenvalue weighted by Crippen LogP contribution is -2.45. The zero-order valence-corrected chi connectivity index (χ0v) is 12.5. The van der Waals surface area contributed by atoms with Crippen LogP contribution in [0.3, 0.4) is 0 Å². The highest BCUT2D eigenvalue weighted by atomic mass is 16.3. The Morgan fingerprint density at radius 3 is 2.53 bits per heavy atom. The zero-order valence-electron chi connectivity index (χ0n) is 12.5. The largest absolute Gasteiger partial charge is 0.394 e. The molecular weight excluding hydrogens is 242 g/mol. The average molecular weight is 269 g/mol. The van der Waals surface area contributed by atoms with Crippen LogP contribution in [0.15, 0.2) is 0 Å². The minimum absolute atomic E-state index is 0.0962. The molecule has 1 aromatic rings. The monoisotopic (exact) mass is 269 g/mol. The number of aliphatic hydroxyl groups excluding tert-OH is 2. The summed E-state index contributed by atoms with van der Waals surface area (Å²) in [5.74, 6) is 0. The molecule has 0 aliphatic rings. The SMILES string of the molecule is CCCC(C)(CO)NCc1c(C)nn(CCO)c1C. The molecule has 1 unspecified atom stereocenters. The summed E-state index contributed by atoms with van der Waals surface area (Å²) in [5, 5.41) is 26.4. The molecule has 3 N–H and O–H groups in total. The van der Waals surface area contributed by atoms with Crippen LogP contribution in [0, 0.1) is 13.8 Å². The Kier molecular flexibility index (Phi) is 5.97. The van der Waals surface area contributed by atoms with Crippen LogP contribution in [0.2, 0.25) is 0 Å². The molecule has 5 nitrogen and oxygen atoms in total. The van der Waals surface area contributed by atoms with Crippen LogP contribution in [-0.4, -0.2) is 38.7 Å². The molecule has 1 rings (SSSR count). The summed E-state index contributed by atoms with van der Waals surface area (Å²) in [5.41, 5.74) is 2.97. The predicted octanol–water partition coefficient (Wildman–Crippen LogP) is 1.13. The average Bonchev–Trinajstić information content (AvgIpc) is 2.63. The highest BCUT2D eigenvalue weighted by Crippen LogP contribution is 2.16. The van der Waals surface area contributed by atoms with Crippen molar-refractivity contribution in [2.75, 3.05) is 13.2 Å². The summed E-state index contributed by atoms with van der Waals surface area (Å²) in [6, 6.07) is 0. The Hall–Kier alpha value is -0.910. The summed E-state index contributed by atoms with van der Waals surface area (Å²) >= 11 is 0. The van der Waals surface area contributed by atoms with Gasteiger partial charge in [0.2, 0.25) is 0 Å². The molecule has 0 amide bonds. The molecule has 19 heavy (non-hydrogen) atoms. The highest BCUT2D eigenvalue weighted by Gasteiger charge is 2.22. The van der Waals surface area contributed by atoms with Gasteiger partial charge in [-0.25, -0.2) is 0 Å². The number of nitrogens with one attached hydrogen (secondary N) is 1. The predicted molar refractivity (Wildman–Crippen MR) is 76.0 cm³/mol. The summed E-state index contributed by atoms with van der Waals surface area (Å²) in [6.45, 7) is 9.60. The molecule has 0 saturated carbocycles. The third-order valence-corrected chi connectivity index (χ3v) is 3.69. The third kappa shape index (κ3) is 4.03. The third-order valence-electron chi connectivity index (χ3n) is 3.69. The van der Waals surface area contributed by atoms with Crippen molar-refractivity contribution >= 4 is 0 Å². The van der Waals surface area contributed by atoms with Crippen LogP contribution >= 0.6 is 0 Å². The lowest BCUT2D eigenvalue weighted by molar-refractivity contribution is 0.163. The van der Waals surface area contributed by atoms with Crippen LogP contribution in [0.1, 0.15) is 43.6 Å². The van der Waals surface area contributed by atoms with Gasteiger partial charge < -0.3 is 15.5 Å². The zero-order chi connectivity index (χ0) is 14.5. The van der Waals surface area contributed by atoms with Gasteiger partial charge in [-0.15, -0.1) is 0 Å². The smallest absolute Gasteiger partial charge is 0.0644 e. The van der Waals surface area contributed by atoms with E-state index in [1.165, 1.54) is 0 Å². The molecule has 1 atom stereocenters. The van der Waals surface area contributed by atoms with Crippen molar-refractivity contribution < 1.29 is 10.2 Å². The Bertz CT molecular complexity index is 404. The van der Waals surface area contributed by atoms with Crippen LogP contribution in [0.25, 0.3) is 0 Å². The van der Waals surface area contributed by atoms with E-state index in [0.29, 0.717) is 13.1 Å². The van der Waals surface area contributed by atoms with E-state index in [2.05, 4.69) is 17.3 Å². The standard InChI is InChI=1S/C14H27N3O2/c1-5-6-14(4,10-19)15-9-13-11(2)16-17(7-8-18)12(13)3/h15,18-19H,5-10H2,1-4H3. The number of aryl methyl sites for hydroxylation is 1. The number of aliphatic hydroxyl groups is 2. The van der Waals surface area contributed by atoms with Gasteiger partial charge in [0.1, 0.15) is 0 Å². The number of hydrogen-bond donors (Lipinski definition) is 3. The molecule has 1 heterocycles. The van der Waals surface area contributed by atoms with Crippen LogP contribution < -0.4 is 5.32 Å². The molecule has 0 bridgehead atoms. The van der Waals surface area contributed by atoms with Gasteiger partial charge in [-0.2, -0.15) is 5.10 Å². The fourth-order valence-electron chi connectivity index (χ4n) is 2.38. The van der Waals surface area contributed by atoms with Crippen molar-refractivity contribution in [2.24, 2.45) is 0 Å². The molecular formula is C14H27N3O2. The number of hydrogen-bond acceptors (Lipinski definition) is 4. The van der Waals surface area contributed by atoms with E-state index >= 15 is 0 Å². The van der Waals surface area contributed by atoms with Crippen LogP contribution in [-0.2, 0) is 13.1 Å². The van der Waals surface area contributed by atoms with Crippen molar-refractivity contribution in [3.05, 3.63) is 17.0 Å².